The van der Waals surface area contributed by atoms with E-state index in [1.165, 1.54) is 0 Å². The Kier molecular flexibility index (Phi) is 8.09. The van der Waals surface area contributed by atoms with E-state index in [4.69, 9.17) is 8.74 Å². The van der Waals surface area contributed by atoms with Crippen LogP contribution in [-0.4, -0.2) is 51.1 Å². The van der Waals surface area contributed by atoms with Crippen LogP contribution in [0, 0.1) is 0 Å². The zero-order chi connectivity index (χ0) is 25.7. The molecule has 0 radical (unpaired) electrons. The number of phenolic OH excluding ortho intramolecular Hbond substituents is 1. The molecule has 0 spiro atoms. The first kappa shape index (κ1) is 26.5. The number of aromatic hydroxyl groups is 1. The van der Waals surface area contributed by atoms with Gasteiger partial charge in [-0.25, -0.2) is 0 Å². The normalized spacial score (nSPS) is 12.3. The van der Waals surface area contributed by atoms with Crippen molar-refractivity contribution in [2.24, 2.45) is 0 Å². The van der Waals surface area contributed by atoms with E-state index in [9.17, 15) is 21.9 Å². The van der Waals surface area contributed by atoms with Gasteiger partial charge < -0.3 is 14.2 Å². The highest BCUT2D eigenvalue weighted by molar-refractivity contribution is 7.87. The topological polar surface area (TPSA) is 121 Å². The minimum absolute atomic E-state index is 0.0200. The maximum Gasteiger partial charge on any atom is 0.310 e. The summed E-state index contributed by atoms with van der Waals surface area (Å²) >= 11 is 0. The predicted octanol–water partition coefficient (Wildman–Crippen LogP) is 3.82. The Balaban J connectivity index is 1.68. The summed E-state index contributed by atoms with van der Waals surface area (Å²) in [5, 5.41) is 9.53. The fourth-order valence-electron chi connectivity index (χ4n) is 3.62. The highest BCUT2D eigenvalue weighted by atomic mass is 32.2. The summed E-state index contributed by atoms with van der Waals surface area (Å²) in [5.41, 5.74) is 2.18. The Bertz CT molecular complexity index is 1320. The van der Waals surface area contributed by atoms with Gasteiger partial charge in [-0.15, -0.1) is 0 Å². The first-order valence-electron chi connectivity index (χ1n) is 10.9. The molecule has 0 fully saturated rings. The number of anilines is 1. The van der Waals surface area contributed by atoms with Crippen molar-refractivity contribution >= 4 is 25.9 Å². The number of nitrogens with zero attached hydrogens (tertiary/aromatic N) is 1. The van der Waals surface area contributed by atoms with Gasteiger partial charge in [0, 0.05) is 24.2 Å². The highest BCUT2D eigenvalue weighted by Crippen LogP contribution is 2.33. The lowest BCUT2D eigenvalue weighted by Crippen LogP contribution is -2.34. The van der Waals surface area contributed by atoms with Crippen LogP contribution in [0.3, 0.4) is 0 Å². The average molecular weight is 520 g/mol. The van der Waals surface area contributed by atoms with Gasteiger partial charge in [0.1, 0.15) is 17.3 Å². The molecule has 8 nitrogen and oxygen atoms in total. The number of hydrogen-bond donors (Lipinski definition) is 2. The second-order valence-corrected chi connectivity index (χ2v) is 11.9. The Morgan fingerprint density at radius 1 is 0.771 bits per heavy atom. The monoisotopic (exact) mass is 519 g/mol. The molecule has 0 bridgehead atoms. The van der Waals surface area contributed by atoms with E-state index in [-0.39, 0.29) is 35.8 Å². The van der Waals surface area contributed by atoms with E-state index in [0.29, 0.717) is 5.69 Å². The highest BCUT2D eigenvalue weighted by Gasteiger charge is 2.24. The van der Waals surface area contributed by atoms with Crippen LogP contribution in [-0.2, 0) is 25.7 Å². The van der Waals surface area contributed by atoms with Crippen LogP contribution in [0.1, 0.15) is 25.0 Å². The van der Waals surface area contributed by atoms with Gasteiger partial charge in [0.25, 0.3) is 10.1 Å². The largest absolute Gasteiger partial charge is 0.508 e. The molecule has 0 heterocycles. The van der Waals surface area contributed by atoms with Crippen LogP contribution in [0.2, 0.25) is 0 Å². The lowest BCUT2D eigenvalue weighted by Gasteiger charge is -2.26. The van der Waals surface area contributed by atoms with Crippen molar-refractivity contribution in [3.8, 4) is 11.5 Å². The lowest BCUT2D eigenvalue weighted by atomic mass is 9.78. The molecule has 0 aliphatic rings. The maximum absolute atomic E-state index is 12.6. The third-order valence-electron chi connectivity index (χ3n) is 5.74. The summed E-state index contributed by atoms with van der Waals surface area (Å²) in [6.07, 6.45) is 0. The van der Waals surface area contributed by atoms with Crippen LogP contribution in [0.15, 0.2) is 78.9 Å². The minimum atomic E-state index is -4.20. The zero-order valence-electron chi connectivity index (χ0n) is 19.5. The molecule has 0 aliphatic heterocycles. The van der Waals surface area contributed by atoms with Crippen LogP contribution >= 0.6 is 0 Å². The molecule has 188 valence electrons. The molecule has 0 unspecified atom stereocenters. The van der Waals surface area contributed by atoms with Crippen LogP contribution in [0.25, 0.3) is 0 Å². The molecule has 0 aliphatic carbocycles. The van der Waals surface area contributed by atoms with E-state index in [1.807, 2.05) is 26.0 Å². The average Bonchev–Trinajstić information content (AvgIpc) is 2.79. The maximum atomic E-state index is 12.6. The van der Waals surface area contributed by atoms with E-state index in [1.54, 1.807) is 71.6 Å². The van der Waals surface area contributed by atoms with Gasteiger partial charge >= 0.3 is 10.1 Å². The molecule has 3 rings (SSSR count). The summed E-state index contributed by atoms with van der Waals surface area (Å²) < 4.78 is 62.0. The molecule has 2 N–H and O–H groups in total. The summed E-state index contributed by atoms with van der Waals surface area (Å²) in [6.45, 7) is 3.96. The molecule has 0 saturated carbocycles. The van der Waals surface area contributed by atoms with Gasteiger partial charge in [-0.2, -0.15) is 16.8 Å². The summed E-state index contributed by atoms with van der Waals surface area (Å²) in [4.78, 5) is 1.57. The van der Waals surface area contributed by atoms with Crippen molar-refractivity contribution in [3.63, 3.8) is 0 Å². The Morgan fingerprint density at radius 3 is 1.83 bits per heavy atom. The minimum Gasteiger partial charge on any atom is -0.508 e. The third-order valence-corrected chi connectivity index (χ3v) is 7.57. The van der Waals surface area contributed by atoms with Crippen molar-refractivity contribution in [1.82, 2.24) is 0 Å². The molecule has 35 heavy (non-hydrogen) atoms. The van der Waals surface area contributed by atoms with Crippen LogP contribution < -0.4 is 9.08 Å². The van der Waals surface area contributed by atoms with Crippen molar-refractivity contribution in [3.05, 3.63) is 90.0 Å². The standard InChI is InChI=1S/C25H29NO7S2/c1-25(2,20-8-12-23(27)13-9-20)21-10-14-24(15-11-21)33-35(31,32)19-17-26(16-18-34(28,29)30)22-6-4-3-5-7-22/h3-15,27H,16-19H2,1-2H3,(H,28,29,30). The molecule has 0 saturated heterocycles. The molecule has 0 aromatic heterocycles. The third kappa shape index (κ3) is 7.71. The SMILES string of the molecule is CC(C)(c1ccc(O)cc1)c1ccc(OS(=O)(=O)CCN(CCS(=O)(=O)O)c2ccccc2)cc1. The van der Waals surface area contributed by atoms with Gasteiger partial charge in [-0.1, -0.05) is 56.3 Å². The van der Waals surface area contributed by atoms with Gasteiger partial charge in [-0.3, -0.25) is 4.55 Å². The fourth-order valence-corrected chi connectivity index (χ4v) is 5.00. The number of benzene rings is 3. The van der Waals surface area contributed by atoms with Crippen molar-refractivity contribution in [1.29, 1.82) is 0 Å². The Morgan fingerprint density at radius 2 is 1.29 bits per heavy atom. The number of para-hydroxylation sites is 1. The number of phenols is 1. The van der Waals surface area contributed by atoms with Crippen LogP contribution in [0.4, 0.5) is 5.69 Å². The second kappa shape index (κ2) is 10.7. The lowest BCUT2D eigenvalue weighted by molar-refractivity contribution is 0.474. The van der Waals surface area contributed by atoms with Gasteiger partial charge in [0.2, 0.25) is 0 Å². The quantitative estimate of drug-likeness (QED) is 0.290. The Labute approximate surface area is 206 Å². The fraction of sp³-hybridized carbons (Fsp3) is 0.280. The summed E-state index contributed by atoms with van der Waals surface area (Å²) in [7, 11) is -8.18. The van der Waals surface area contributed by atoms with E-state index < -0.39 is 26.0 Å². The summed E-state index contributed by atoms with van der Waals surface area (Å²) in [5.74, 6) is -0.559. The molecular formula is C25H29NO7S2. The molecule has 3 aromatic carbocycles. The van der Waals surface area contributed by atoms with Crippen molar-refractivity contribution < 1.29 is 30.7 Å². The van der Waals surface area contributed by atoms with Gasteiger partial charge in [0.15, 0.2) is 0 Å². The molecule has 3 aromatic rings. The van der Waals surface area contributed by atoms with Crippen LogP contribution in [0.5, 0.6) is 11.5 Å². The van der Waals surface area contributed by atoms with Crippen molar-refractivity contribution in [2.45, 2.75) is 19.3 Å². The first-order chi connectivity index (χ1) is 16.4. The van der Waals surface area contributed by atoms with E-state index in [0.717, 1.165) is 11.1 Å². The first-order valence-corrected chi connectivity index (χ1v) is 14.1. The number of hydrogen-bond acceptors (Lipinski definition) is 7. The zero-order valence-corrected chi connectivity index (χ0v) is 21.2. The van der Waals surface area contributed by atoms with Gasteiger partial charge in [0.05, 0.1) is 5.75 Å². The van der Waals surface area contributed by atoms with Gasteiger partial charge in [-0.05, 0) is 47.5 Å². The van der Waals surface area contributed by atoms with Crippen molar-refractivity contribution in [2.75, 3.05) is 29.5 Å². The molecule has 0 atom stereocenters. The summed E-state index contributed by atoms with van der Waals surface area (Å²) in [6, 6.07) is 22.4. The second-order valence-electron chi connectivity index (χ2n) is 8.65. The number of rotatable bonds is 11. The predicted molar refractivity (Wildman–Crippen MR) is 136 cm³/mol. The smallest absolute Gasteiger partial charge is 0.310 e. The molecule has 10 heteroatoms. The van der Waals surface area contributed by atoms with E-state index in [2.05, 4.69) is 0 Å². The Hall–Kier alpha value is -3.08. The molecule has 0 amide bonds. The van der Waals surface area contributed by atoms with E-state index >= 15 is 0 Å². The molecular weight excluding hydrogens is 490 g/mol.